The van der Waals surface area contributed by atoms with E-state index in [9.17, 15) is 0 Å². The molecule has 118 valence electrons. The Hall–Kier alpha value is -0.860. The summed E-state index contributed by atoms with van der Waals surface area (Å²) in [6.07, 6.45) is 6.89. The van der Waals surface area contributed by atoms with Gasteiger partial charge in [-0.2, -0.15) is 0 Å². The van der Waals surface area contributed by atoms with E-state index in [4.69, 9.17) is 4.74 Å². The normalized spacial score (nSPS) is 18.0. The molecular weight excluding hydrogens is 276 g/mol. The summed E-state index contributed by atoms with van der Waals surface area (Å²) in [5.74, 6) is 0.606. The lowest BCUT2D eigenvalue weighted by molar-refractivity contribution is 0.0934. The molecule has 1 aromatic rings. The molecule has 0 saturated carbocycles. The highest BCUT2D eigenvalue weighted by Gasteiger charge is 2.20. The number of hydrogen-bond donors (Lipinski definition) is 0. The molecule has 0 bridgehead atoms. The van der Waals surface area contributed by atoms with Crippen molar-refractivity contribution in [2.75, 3.05) is 6.61 Å². The fourth-order valence-corrected chi connectivity index (χ4v) is 3.35. The minimum atomic E-state index is 0.238. The average Bonchev–Trinajstić information content (AvgIpc) is 2.98. The second-order valence-corrected chi connectivity index (χ2v) is 6.62. The Balaban J connectivity index is 0.00000106. The zero-order chi connectivity index (χ0) is 15.8. The third-order valence-electron chi connectivity index (χ3n) is 3.39. The lowest BCUT2D eigenvalue weighted by Crippen LogP contribution is -2.17. The first kappa shape index (κ1) is 18.2. The second-order valence-electron chi connectivity index (χ2n) is 5.50. The maximum Gasteiger partial charge on any atom is 0.0873 e. The molecule has 0 fully saturated rings. The molecule has 0 aliphatic heterocycles. The van der Waals surface area contributed by atoms with Crippen molar-refractivity contribution in [3.8, 4) is 0 Å². The minimum Gasteiger partial charge on any atom is -0.373 e. The number of ether oxygens (including phenoxy) is 1. The Morgan fingerprint density at radius 1 is 1.29 bits per heavy atom. The van der Waals surface area contributed by atoms with E-state index in [0.29, 0.717) is 5.92 Å². The molecular formula is C19H30OS. The molecule has 2 heteroatoms. The molecule has 1 heterocycles. The summed E-state index contributed by atoms with van der Waals surface area (Å²) in [6, 6.07) is 4.52. The van der Waals surface area contributed by atoms with E-state index in [0.717, 1.165) is 19.4 Å². The summed E-state index contributed by atoms with van der Waals surface area (Å²) < 4.78 is 6.01. The van der Waals surface area contributed by atoms with Gasteiger partial charge in [0.15, 0.2) is 0 Å². The number of allylic oxidation sites excluding steroid dienone is 2. The maximum absolute atomic E-state index is 6.01. The predicted octanol–water partition coefficient (Wildman–Crippen LogP) is 6.43. The van der Waals surface area contributed by atoms with Crippen LogP contribution in [0.1, 0.15) is 70.1 Å². The van der Waals surface area contributed by atoms with Crippen molar-refractivity contribution in [2.45, 2.75) is 66.4 Å². The summed E-state index contributed by atoms with van der Waals surface area (Å²) in [7, 11) is 0. The number of thiophene rings is 1. The van der Waals surface area contributed by atoms with Crippen LogP contribution < -0.4 is 0 Å². The molecule has 0 N–H and O–H groups in total. The van der Waals surface area contributed by atoms with Gasteiger partial charge in [-0.1, -0.05) is 52.3 Å². The maximum atomic E-state index is 6.01. The summed E-state index contributed by atoms with van der Waals surface area (Å²) >= 11 is 1.91. The van der Waals surface area contributed by atoms with Crippen LogP contribution in [-0.2, 0) is 4.74 Å². The van der Waals surface area contributed by atoms with Crippen molar-refractivity contribution >= 4 is 16.9 Å². The van der Waals surface area contributed by atoms with Gasteiger partial charge in [0, 0.05) is 16.4 Å². The standard InChI is InChI=1S/C17H24OS.C2H6/c1-5-10-18-15-7-6-13(4)11-14(15)17-9-8-16(19-17)12(2)3;1-2/h6,8-9,11-12,15H,5,7,10H2,1-4H3;1-2H3. The summed E-state index contributed by atoms with van der Waals surface area (Å²) in [5, 5.41) is 0. The van der Waals surface area contributed by atoms with Crippen molar-refractivity contribution in [2.24, 2.45) is 0 Å². The van der Waals surface area contributed by atoms with E-state index >= 15 is 0 Å². The third kappa shape index (κ3) is 5.12. The first-order valence-electron chi connectivity index (χ1n) is 8.21. The third-order valence-corrected chi connectivity index (χ3v) is 4.82. The lowest BCUT2D eigenvalue weighted by atomic mass is 9.96. The molecule has 0 saturated heterocycles. The van der Waals surface area contributed by atoms with Crippen molar-refractivity contribution in [1.29, 1.82) is 0 Å². The van der Waals surface area contributed by atoms with Gasteiger partial charge in [0.1, 0.15) is 0 Å². The monoisotopic (exact) mass is 306 g/mol. The molecule has 0 spiro atoms. The van der Waals surface area contributed by atoms with Crippen LogP contribution in [0.5, 0.6) is 0 Å². The second kappa shape index (κ2) is 9.22. The van der Waals surface area contributed by atoms with Gasteiger partial charge < -0.3 is 4.74 Å². The lowest BCUT2D eigenvalue weighted by Gasteiger charge is -2.22. The molecule has 1 unspecified atom stereocenters. The van der Waals surface area contributed by atoms with E-state index in [1.807, 2.05) is 25.2 Å². The Bertz CT molecular complexity index is 480. The van der Waals surface area contributed by atoms with Gasteiger partial charge in [0.25, 0.3) is 0 Å². The van der Waals surface area contributed by atoms with Crippen molar-refractivity contribution in [3.63, 3.8) is 0 Å². The molecule has 0 radical (unpaired) electrons. The van der Waals surface area contributed by atoms with Gasteiger partial charge in [0.2, 0.25) is 0 Å². The molecule has 0 amide bonds. The molecule has 1 nitrogen and oxygen atoms in total. The highest BCUT2D eigenvalue weighted by atomic mass is 32.1. The van der Waals surface area contributed by atoms with Crippen LogP contribution in [0.2, 0.25) is 0 Å². The van der Waals surface area contributed by atoms with E-state index in [2.05, 4.69) is 52.0 Å². The molecule has 1 atom stereocenters. The van der Waals surface area contributed by atoms with Gasteiger partial charge >= 0.3 is 0 Å². The van der Waals surface area contributed by atoms with Gasteiger partial charge in [-0.25, -0.2) is 0 Å². The van der Waals surface area contributed by atoms with Crippen LogP contribution >= 0.6 is 11.3 Å². The van der Waals surface area contributed by atoms with E-state index < -0.39 is 0 Å². The molecule has 2 rings (SSSR count). The molecule has 1 aliphatic rings. The van der Waals surface area contributed by atoms with Crippen LogP contribution in [0.4, 0.5) is 0 Å². The highest BCUT2D eigenvalue weighted by molar-refractivity contribution is 7.13. The van der Waals surface area contributed by atoms with Crippen molar-refractivity contribution in [1.82, 2.24) is 0 Å². The molecule has 1 aromatic heterocycles. The zero-order valence-corrected chi connectivity index (χ0v) is 15.2. The largest absolute Gasteiger partial charge is 0.373 e. The van der Waals surface area contributed by atoms with Crippen LogP contribution in [0.3, 0.4) is 0 Å². The number of hydrogen-bond acceptors (Lipinski definition) is 2. The smallest absolute Gasteiger partial charge is 0.0873 e. The summed E-state index contributed by atoms with van der Waals surface area (Å²) in [4.78, 5) is 2.83. The SMILES string of the molecule is CC.CCCOC1CC=C(C)C=C1c1ccc(C(C)C)s1. The van der Waals surface area contributed by atoms with Gasteiger partial charge in [-0.15, -0.1) is 11.3 Å². The summed E-state index contributed by atoms with van der Waals surface area (Å²) in [6.45, 7) is 13.7. The topological polar surface area (TPSA) is 9.23 Å². The predicted molar refractivity (Wildman–Crippen MR) is 96.1 cm³/mol. The first-order valence-corrected chi connectivity index (χ1v) is 9.03. The average molecular weight is 307 g/mol. The van der Waals surface area contributed by atoms with Crippen LogP contribution in [0, 0.1) is 0 Å². The first-order chi connectivity index (χ1) is 10.1. The minimum absolute atomic E-state index is 0.238. The van der Waals surface area contributed by atoms with E-state index in [1.165, 1.54) is 20.9 Å². The van der Waals surface area contributed by atoms with Crippen molar-refractivity contribution < 1.29 is 4.74 Å². The van der Waals surface area contributed by atoms with Crippen molar-refractivity contribution in [3.05, 3.63) is 39.6 Å². The summed E-state index contributed by atoms with van der Waals surface area (Å²) in [5.41, 5.74) is 2.72. The van der Waals surface area contributed by atoms with E-state index in [-0.39, 0.29) is 6.10 Å². The molecule has 0 aromatic carbocycles. The Morgan fingerprint density at radius 3 is 2.57 bits per heavy atom. The van der Waals surface area contributed by atoms with Gasteiger partial charge in [0.05, 0.1) is 6.10 Å². The van der Waals surface area contributed by atoms with Crippen LogP contribution in [0.15, 0.2) is 29.9 Å². The Morgan fingerprint density at radius 2 is 2.00 bits per heavy atom. The van der Waals surface area contributed by atoms with Gasteiger partial charge in [-0.3, -0.25) is 0 Å². The zero-order valence-electron chi connectivity index (χ0n) is 14.4. The van der Waals surface area contributed by atoms with Crippen LogP contribution in [0.25, 0.3) is 5.57 Å². The molecule has 1 aliphatic carbocycles. The van der Waals surface area contributed by atoms with Crippen LogP contribution in [-0.4, -0.2) is 12.7 Å². The Labute approximate surface area is 134 Å². The van der Waals surface area contributed by atoms with E-state index in [1.54, 1.807) is 0 Å². The fraction of sp³-hybridized carbons (Fsp3) is 0.579. The number of rotatable bonds is 5. The quantitative estimate of drug-likeness (QED) is 0.609. The molecule has 21 heavy (non-hydrogen) atoms. The fourth-order valence-electron chi connectivity index (χ4n) is 2.28. The highest BCUT2D eigenvalue weighted by Crippen LogP contribution is 2.35. The van der Waals surface area contributed by atoms with Gasteiger partial charge in [-0.05, 0) is 43.4 Å². The Kier molecular flexibility index (Phi) is 7.98.